The van der Waals surface area contributed by atoms with E-state index < -0.39 is 0 Å². The molecule has 33 heavy (non-hydrogen) atoms. The number of rotatable bonds is 7. The first-order valence-corrected chi connectivity index (χ1v) is 11.2. The monoisotopic (exact) mass is 432 g/mol. The standard InChI is InChI=1S/C30H28N2O/c1-24(22-25-14-6-2-7-15-25)23-32(30(33)31-28-20-12-5-13-21-28)29(26-16-8-3-9-17-26)27-18-10-4-11-19-27/h2-22,29H,23H2,1H3,(H,31,33)/b24-22+. The first-order valence-electron chi connectivity index (χ1n) is 11.2. The topological polar surface area (TPSA) is 32.3 Å². The molecule has 3 nitrogen and oxygen atoms in total. The third-order valence-electron chi connectivity index (χ3n) is 5.46. The Morgan fingerprint density at radius 3 is 1.70 bits per heavy atom. The van der Waals surface area contributed by atoms with Crippen LogP contribution in [0.1, 0.15) is 29.7 Å². The Balaban J connectivity index is 1.73. The highest BCUT2D eigenvalue weighted by molar-refractivity contribution is 5.90. The summed E-state index contributed by atoms with van der Waals surface area (Å²) in [4.78, 5) is 15.6. The summed E-state index contributed by atoms with van der Waals surface area (Å²) in [5.74, 6) is 0. The normalized spacial score (nSPS) is 11.3. The Morgan fingerprint density at radius 2 is 1.18 bits per heavy atom. The second-order valence-electron chi connectivity index (χ2n) is 8.05. The molecule has 0 radical (unpaired) electrons. The van der Waals surface area contributed by atoms with E-state index in [0.717, 1.165) is 28.0 Å². The van der Waals surface area contributed by atoms with Gasteiger partial charge in [0.2, 0.25) is 0 Å². The van der Waals surface area contributed by atoms with E-state index in [4.69, 9.17) is 0 Å². The predicted octanol–water partition coefficient (Wildman–Crippen LogP) is 7.41. The van der Waals surface area contributed by atoms with Gasteiger partial charge in [0.25, 0.3) is 0 Å². The zero-order valence-electron chi connectivity index (χ0n) is 18.8. The molecule has 0 bridgehead atoms. The summed E-state index contributed by atoms with van der Waals surface area (Å²) in [5, 5.41) is 3.09. The maximum atomic E-state index is 13.7. The number of anilines is 1. The van der Waals surface area contributed by atoms with E-state index in [0.29, 0.717) is 6.54 Å². The molecule has 0 heterocycles. The van der Waals surface area contributed by atoms with Crippen molar-refractivity contribution in [3.05, 3.63) is 144 Å². The summed E-state index contributed by atoms with van der Waals surface area (Å²) in [6.45, 7) is 2.56. The molecule has 0 aliphatic heterocycles. The van der Waals surface area contributed by atoms with Crippen molar-refractivity contribution in [2.45, 2.75) is 13.0 Å². The van der Waals surface area contributed by atoms with Crippen LogP contribution in [0.5, 0.6) is 0 Å². The van der Waals surface area contributed by atoms with Gasteiger partial charge in [-0.3, -0.25) is 0 Å². The molecule has 0 saturated carbocycles. The van der Waals surface area contributed by atoms with Gasteiger partial charge < -0.3 is 10.2 Å². The molecule has 4 aromatic rings. The molecule has 2 amide bonds. The lowest BCUT2D eigenvalue weighted by molar-refractivity contribution is 0.203. The van der Waals surface area contributed by atoms with Crippen LogP contribution in [0.4, 0.5) is 10.5 Å². The lowest BCUT2D eigenvalue weighted by Crippen LogP contribution is -2.39. The fourth-order valence-corrected chi connectivity index (χ4v) is 3.97. The Labute approximate surface area is 196 Å². The minimum Gasteiger partial charge on any atom is -0.309 e. The summed E-state index contributed by atoms with van der Waals surface area (Å²) in [7, 11) is 0. The first-order chi connectivity index (χ1) is 16.2. The van der Waals surface area contributed by atoms with Crippen LogP contribution in [0.3, 0.4) is 0 Å². The highest BCUT2D eigenvalue weighted by Crippen LogP contribution is 2.30. The van der Waals surface area contributed by atoms with E-state index >= 15 is 0 Å². The van der Waals surface area contributed by atoms with Crippen molar-refractivity contribution in [3.8, 4) is 0 Å². The molecule has 0 saturated heterocycles. The minimum atomic E-state index is -0.227. The molecule has 4 aromatic carbocycles. The van der Waals surface area contributed by atoms with Gasteiger partial charge in [0.05, 0.1) is 6.04 Å². The van der Waals surface area contributed by atoms with Crippen molar-refractivity contribution in [3.63, 3.8) is 0 Å². The number of benzene rings is 4. The number of carbonyl (C=O) groups excluding carboxylic acids is 1. The molecule has 3 heteroatoms. The summed E-state index contributed by atoms with van der Waals surface area (Å²) in [6.07, 6.45) is 2.13. The van der Waals surface area contributed by atoms with Gasteiger partial charge in [0, 0.05) is 12.2 Å². The molecule has 0 spiro atoms. The predicted molar refractivity (Wildman–Crippen MR) is 137 cm³/mol. The Hall–Kier alpha value is -4.11. The van der Waals surface area contributed by atoms with Crippen LogP contribution in [0, 0.1) is 0 Å². The van der Waals surface area contributed by atoms with Crippen LogP contribution in [-0.2, 0) is 0 Å². The SMILES string of the molecule is C/C(=C\c1ccccc1)CN(C(=O)Nc1ccccc1)C(c1ccccc1)c1ccccc1. The average Bonchev–Trinajstić information content (AvgIpc) is 2.86. The number of hydrogen-bond donors (Lipinski definition) is 1. The van der Waals surface area contributed by atoms with E-state index in [-0.39, 0.29) is 12.1 Å². The second-order valence-corrected chi connectivity index (χ2v) is 8.05. The number of nitrogens with zero attached hydrogens (tertiary/aromatic N) is 1. The van der Waals surface area contributed by atoms with Crippen molar-refractivity contribution in [1.82, 2.24) is 4.90 Å². The van der Waals surface area contributed by atoms with Crippen molar-refractivity contribution >= 4 is 17.8 Å². The van der Waals surface area contributed by atoms with Gasteiger partial charge in [-0.25, -0.2) is 4.79 Å². The first kappa shape index (κ1) is 22.1. The van der Waals surface area contributed by atoms with E-state index in [1.54, 1.807) is 0 Å². The van der Waals surface area contributed by atoms with E-state index in [9.17, 15) is 4.79 Å². The van der Waals surface area contributed by atoms with Crippen molar-refractivity contribution in [2.75, 3.05) is 11.9 Å². The number of para-hydroxylation sites is 1. The van der Waals surface area contributed by atoms with E-state index in [1.165, 1.54) is 0 Å². The van der Waals surface area contributed by atoms with Crippen LogP contribution in [0.15, 0.2) is 127 Å². The molecular formula is C30H28N2O. The molecule has 164 valence electrons. The smallest absolute Gasteiger partial charge is 0.309 e. The molecule has 0 fully saturated rings. The van der Waals surface area contributed by atoms with E-state index in [1.807, 2.05) is 89.8 Å². The summed E-state index contributed by atoms with van der Waals surface area (Å²) in [5.41, 5.74) is 5.13. The highest BCUT2D eigenvalue weighted by Gasteiger charge is 2.27. The minimum absolute atomic E-state index is 0.139. The third-order valence-corrected chi connectivity index (χ3v) is 5.46. The van der Waals surface area contributed by atoms with Crippen LogP contribution < -0.4 is 5.32 Å². The molecule has 0 atom stereocenters. The van der Waals surface area contributed by atoms with Gasteiger partial charge in [-0.15, -0.1) is 0 Å². The van der Waals surface area contributed by atoms with Crippen LogP contribution >= 0.6 is 0 Å². The number of amides is 2. The van der Waals surface area contributed by atoms with Gasteiger partial charge in [-0.1, -0.05) is 121 Å². The summed E-state index contributed by atoms with van der Waals surface area (Å²) in [6, 6.07) is 39.8. The highest BCUT2D eigenvalue weighted by atomic mass is 16.2. The molecule has 0 aliphatic carbocycles. The number of hydrogen-bond acceptors (Lipinski definition) is 1. The Kier molecular flexibility index (Phi) is 7.34. The lowest BCUT2D eigenvalue weighted by atomic mass is 9.96. The summed E-state index contributed by atoms with van der Waals surface area (Å²) < 4.78 is 0. The Bertz CT molecular complexity index is 1130. The van der Waals surface area contributed by atoms with Crippen LogP contribution in [0.25, 0.3) is 6.08 Å². The molecule has 1 N–H and O–H groups in total. The van der Waals surface area contributed by atoms with Gasteiger partial charge in [0.15, 0.2) is 0 Å². The van der Waals surface area contributed by atoms with Gasteiger partial charge >= 0.3 is 6.03 Å². The quantitative estimate of drug-likeness (QED) is 0.324. The molecule has 4 rings (SSSR count). The largest absolute Gasteiger partial charge is 0.322 e. The lowest BCUT2D eigenvalue weighted by Gasteiger charge is -2.33. The zero-order valence-corrected chi connectivity index (χ0v) is 18.8. The fraction of sp³-hybridized carbons (Fsp3) is 0.100. The number of carbonyl (C=O) groups is 1. The maximum absolute atomic E-state index is 13.7. The summed E-state index contributed by atoms with van der Waals surface area (Å²) >= 11 is 0. The third kappa shape index (κ3) is 5.98. The van der Waals surface area contributed by atoms with Crippen molar-refractivity contribution in [1.29, 1.82) is 0 Å². The number of urea groups is 1. The van der Waals surface area contributed by atoms with Crippen LogP contribution in [-0.4, -0.2) is 17.5 Å². The fourth-order valence-electron chi connectivity index (χ4n) is 3.97. The van der Waals surface area contributed by atoms with Gasteiger partial charge in [0.1, 0.15) is 0 Å². The molecular weight excluding hydrogens is 404 g/mol. The zero-order chi connectivity index (χ0) is 22.9. The van der Waals surface area contributed by atoms with Gasteiger partial charge in [-0.05, 0) is 35.7 Å². The van der Waals surface area contributed by atoms with Crippen LogP contribution in [0.2, 0.25) is 0 Å². The molecule has 0 unspecified atom stereocenters. The molecule has 0 aromatic heterocycles. The van der Waals surface area contributed by atoms with Crippen molar-refractivity contribution < 1.29 is 4.79 Å². The van der Waals surface area contributed by atoms with Gasteiger partial charge in [-0.2, -0.15) is 0 Å². The Morgan fingerprint density at radius 1 is 0.727 bits per heavy atom. The second kappa shape index (κ2) is 11.0. The average molecular weight is 433 g/mol. The van der Waals surface area contributed by atoms with E-state index in [2.05, 4.69) is 54.7 Å². The number of nitrogens with one attached hydrogen (secondary N) is 1. The molecule has 0 aliphatic rings. The van der Waals surface area contributed by atoms with Crippen molar-refractivity contribution in [2.24, 2.45) is 0 Å². The maximum Gasteiger partial charge on any atom is 0.322 e.